The number of carbonyl (C=O) groups excluding carboxylic acids is 2. The van der Waals surface area contributed by atoms with E-state index < -0.39 is 11.3 Å². The zero-order chi connectivity index (χ0) is 28.8. The molecule has 3 aromatic carbocycles. The van der Waals surface area contributed by atoms with Gasteiger partial charge in [0.2, 0.25) is 5.91 Å². The predicted molar refractivity (Wildman–Crippen MR) is 165 cm³/mol. The molecule has 4 aromatic rings. The van der Waals surface area contributed by atoms with Crippen LogP contribution in [0.3, 0.4) is 0 Å². The molecular formula is C32H30Cl2N2O4S. The number of aliphatic hydroxyl groups is 1. The smallest absolute Gasteiger partial charge is 0.267 e. The van der Waals surface area contributed by atoms with Crippen LogP contribution in [0.2, 0.25) is 10.0 Å². The molecule has 1 aliphatic rings. The van der Waals surface area contributed by atoms with Crippen molar-refractivity contribution in [2.45, 2.75) is 24.7 Å². The van der Waals surface area contributed by atoms with E-state index >= 15 is 0 Å². The maximum Gasteiger partial charge on any atom is 0.267 e. The average Bonchev–Trinajstić information content (AvgIpc) is 3.44. The Morgan fingerprint density at radius 3 is 2.37 bits per heavy atom. The van der Waals surface area contributed by atoms with Gasteiger partial charge in [0.15, 0.2) is 0 Å². The summed E-state index contributed by atoms with van der Waals surface area (Å²) in [7, 11) is 0. The van der Waals surface area contributed by atoms with Gasteiger partial charge in [-0.2, -0.15) is 0 Å². The van der Waals surface area contributed by atoms with Crippen LogP contribution in [0, 0.1) is 0 Å². The predicted octanol–water partition coefficient (Wildman–Crippen LogP) is 6.73. The van der Waals surface area contributed by atoms with Crippen LogP contribution >= 0.6 is 34.5 Å². The van der Waals surface area contributed by atoms with Gasteiger partial charge in [0.1, 0.15) is 5.75 Å². The van der Waals surface area contributed by atoms with Crippen molar-refractivity contribution in [2.75, 3.05) is 26.3 Å². The molecule has 3 N–H and O–H groups in total. The van der Waals surface area contributed by atoms with E-state index in [4.69, 9.17) is 33.0 Å². The van der Waals surface area contributed by atoms with E-state index in [-0.39, 0.29) is 12.5 Å². The van der Waals surface area contributed by atoms with Crippen molar-refractivity contribution in [1.82, 2.24) is 10.6 Å². The molecule has 0 aliphatic carbocycles. The van der Waals surface area contributed by atoms with Crippen LogP contribution in [0.4, 0.5) is 0 Å². The Hall–Kier alpha value is -3.20. The minimum Gasteiger partial charge on any atom is -0.494 e. The Balaban J connectivity index is 1.47. The van der Waals surface area contributed by atoms with Crippen LogP contribution in [0.25, 0.3) is 21.6 Å². The Morgan fingerprint density at radius 1 is 0.951 bits per heavy atom. The lowest BCUT2D eigenvalue weighted by Gasteiger charge is -2.36. The summed E-state index contributed by atoms with van der Waals surface area (Å²) in [5.74, 6) is -0.0578. The molecule has 41 heavy (non-hydrogen) atoms. The molecule has 0 spiro atoms. The molecule has 1 aliphatic heterocycles. The molecule has 0 saturated carbocycles. The van der Waals surface area contributed by atoms with Gasteiger partial charge in [0.05, 0.1) is 16.9 Å². The molecule has 1 aromatic heterocycles. The number of benzene rings is 3. The summed E-state index contributed by atoms with van der Waals surface area (Å²) in [5.41, 5.74) is 2.50. The van der Waals surface area contributed by atoms with Crippen LogP contribution in [0.15, 0.2) is 78.9 Å². The van der Waals surface area contributed by atoms with Crippen LogP contribution in [0.1, 0.15) is 34.5 Å². The number of piperidine rings is 1. The largest absolute Gasteiger partial charge is 0.494 e. The third kappa shape index (κ3) is 6.50. The summed E-state index contributed by atoms with van der Waals surface area (Å²) in [4.78, 5) is 28.6. The molecule has 2 heterocycles. The summed E-state index contributed by atoms with van der Waals surface area (Å²) < 4.78 is 5.68. The normalized spacial score (nSPS) is 14.4. The molecule has 6 nitrogen and oxygen atoms in total. The van der Waals surface area contributed by atoms with Gasteiger partial charge < -0.3 is 15.2 Å². The quantitative estimate of drug-likeness (QED) is 0.145. The zero-order valence-electron chi connectivity index (χ0n) is 22.3. The van der Waals surface area contributed by atoms with E-state index in [1.807, 2.05) is 60.7 Å². The summed E-state index contributed by atoms with van der Waals surface area (Å²) >= 11 is 14.1. The first-order valence-corrected chi connectivity index (χ1v) is 15.0. The number of hydrogen-bond donors (Lipinski definition) is 3. The molecule has 5 rings (SSSR count). The van der Waals surface area contributed by atoms with Crippen LogP contribution in [0.5, 0.6) is 5.75 Å². The minimum atomic E-state index is -0.781. The van der Waals surface area contributed by atoms with Crippen molar-refractivity contribution in [1.29, 1.82) is 0 Å². The number of nitrogens with one attached hydrogen (secondary N) is 2. The van der Waals surface area contributed by atoms with Crippen LogP contribution < -0.4 is 15.4 Å². The molecule has 1 saturated heterocycles. The van der Waals surface area contributed by atoms with E-state index in [1.165, 1.54) is 11.3 Å². The van der Waals surface area contributed by atoms with Gasteiger partial charge in [-0.15, -0.1) is 11.3 Å². The molecule has 0 atom stereocenters. The third-order valence-electron chi connectivity index (χ3n) is 7.31. The summed E-state index contributed by atoms with van der Waals surface area (Å²) in [5, 5.41) is 16.0. The van der Waals surface area contributed by atoms with Gasteiger partial charge >= 0.3 is 0 Å². The molecule has 0 radical (unpaired) electrons. The van der Waals surface area contributed by atoms with E-state index in [0.29, 0.717) is 59.6 Å². The maximum atomic E-state index is 13.8. The highest BCUT2D eigenvalue weighted by Gasteiger charge is 2.42. The first-order valence-electron chi connectivity index (χ1n) is 13.5. The second-order valence-electron chi connectivity index (χ2n) is 9.91. The van der Waals surface area contributed by atoms with Crippen molar-refractivity contribution in [3.8, 4) is 27.3 Å². The third-order valence-corrected chi connectivity index (χ3v) is 9.04. The number of aliphatic hydroxyl groups excluding tert-OH is 1. The van der Waals surface area contributed by atoms with E-state index in [1.54, 1.807) is 18.2 Å². The van der Waals surface area contributed by atoms with E-state index in [2.05, 4.69) is 10.6 Å². The Bertz CT molecular complexity index is 1520. The van der Waals surface area contributed by atoms with E-state index in [0.717, 1.165) is 27.1 Å². The monoisotopic (exact) mass is 608 g/mol. The highest BCUT2D eigenvalue weighted by Crippen LogP contribution is 2.43. The maximum absolute atomic E-state index is 13.8. The van der Waals surface area contributed by atoms with Crippen LogP contribution in [-0.2, 0) is 10.2 Å². The highest BCUT2D eigenvalue weighted by molar-refractivity contribution is 7.18. The van der Waals surface area contributed by atoms with Crippen molar-refractivity contribution in [3.63, 3.8) is 0 Å². The Labute approximate surface area is 253 Å². The fourth-order valence-corrected chi connectivity index (χ4v) is 6.71. The number of ether oxygens (including phenoxy) is 1. The van der Waals surface area contributed by atoms with Crippen molar-refractivity contribution in [3.05, 3.63) is 99.3 Å². The Kier molecular flexibility index (Phi) is 9.42. The molecular weight excluding hydrogens is 579 g/mol. The number of hydrogen-bond acceptors (Lipinski definition) is 6. The lowest BCUT2D eigenvalue weighted by molar-refractivity contribution is -0.126. The number of halogens is 2. The van der Waals surface area contributed by atoms with Gasteiger partial charge in [0, 0.05) is 39.1 Å². The zero-order valence-corrected chi connectivity index (χ0v) is 24.6. The molecule has 2 amide bonds. The van der Waals surface area contributed by atoms with Gasteiger partial charge in [-0.25, -0.2) is 0 Å². The lowest BCUT2D eigenvalue weighted by atomic mass is 9.72. The van der Waals surface area contributed by atoms with Gasteiger partial charge in [-0.3, -0.25) is 14.9 Å². The van der Waals surface area contributed by atoms with Crippen molar-refractivity contribution < 1.29 is 19.4 Å². The molecule has 0 bridgehead atoms. The second-order valence-corrected chi connectivity index (χ2v) is 11.8. The molecule has 0 unspecified atom stereocenters. The molecule has 9 heteroatoms. The fraction of sp³-hybridized carbons (Fsp3) is 0.250. The van der Waals surface area contributed by atoms with Crippen LogP contribution in [-0.4, -0.2) is 43.2 Å². The highest BCUT2D eigenvalue weighted by atomic mass is 35.5. The second kappa shape index (κ2) is 13.2. The van der Waals surface area contributed by atoms with Crippen molar-refractivity contribution >= 4 is 46.4 Å². The SMILES string of the molecule is O=C(NC(=O)C1(c2ccccc2)CCNCC1)c1cc(-c2ccc(Cl)cc2Cl)c(-c2ccc(OCCCO)cc2)s1. The average molecular weight is 610 g/mol. The van der Waals surface area contributed by atoms with Crippen molar-refractivity contribution in [2.24, 2.45) is 0 Å². The number of thiophene rings is 1. The number of rotatable bonds is 9. The summed E-state index contributed by atoms with van der Waals surface area (Å²) in [6, 6.07) is 24.2. The number of imide groups is 1. The molecule has 1 fully saturated rings. The summed E-state index contributed by atoms with van der Waals surface area (Å²) in [6.45, 7) is 1.87. The number of amides is 2. The first-order chi connectivity index (χ1) is 19.9. The van der Waals surface area contributed by atoms with Gasteiger partial charge in [0.25, 0.3) is 5.91 Å². The topological polar surface area (TPSA) is 87.7 Å². The number of carbonyl (C=O) groups is 2. The van der Waals surface area contributed by atoms with E-state index in [9.17, 15) is 9.59 Å². The fourth-order valence-electron chi connectivity index (χ4n) is 5.12. The first kappa shape index (κ1) is 29.3. The summed E-state index contributed by atoms with van der Waals surface area (Å²) in [6.07, 6.45) is 1.75. The van der Waals surface area contributed by atoms with Gasteiger partial charge in [-0.05, 0) is 79.5 Å². The standard InChI is InChI=1S/C32H30Cl2N2O4S/c33-23-9-12-25(27(34)19-23)26-20-28(41-29(26)21-7-10-24(11-8-21)40-18-4-17-37)30(38)36-31(39)32(13-15-35-16-14-32)22-5-2-1-3-6-22/h1-3,5-12,19-20,35,37H,4,13-18H2,(H,36,38,39). The molecule has 212 valence electrons. The van der Waals surface area contributed by atoms with Gasteiger partial charge in [-0.1, -0.05) is 59.6 Å². The lowest BCUT2D eigenvalue weighted by Crippen LogP contribution is -2.52. The minimum absolute atomic E-state index is 0.0647. The Morgan fingerprint density at radius 2 is 1.68 bits per heavy atom.